The van der Waals surface area contributed by atoms with Crippen LogP contribution < -0.4 is 5.32 Å². The molecule has 0 bridgehead atoms. The Bertz CT molecular complexity index is 1150. The number of hydrogen-bond acceptors (Lipinski definition) is 6. The smallest absolute Gasteiger partial charge is 0.416 e. The molecule has 1 aliphatic heterocycles. The van der Waals surface area contributed by atoms with Crippen molar-refractivity contribution in [2.24, 2.45) is 0 Å². The van der Waals surface area contributed by atoms with Gasteiger partial charge in [-0.05, 0) is 44.0 Å². The second-order valence-corrected chi connectivity index (χ2v) is 8.42. The van der Waals surface area contributed by atoms with E-state index in [1.807, 2.05) is 0 Å². The molecule has 0 spiro atoms. The molecule has 1 atom stereocenters. The number of carbonyl (C=O) groups excluding carboxylic acids is 2. The second-order valence-electron chi connectivity index (χ2n) is 7.39. The number of carbonyl (C=O) groups is 2. The van der Waals surface area contributed by atoms with Crippen molar-refractivity contribution in [1.82, 2.24) is 15.1 Å². The third kappa shape index (κ3) is 4.78. The van der Waals surface area contributed by atoms with Crippen molar-refractivity contribution >= 4 is 33.4 Å². The van der Waals surface area contributed by atoms with Gasteiger partial charge in [0.05, 0.1) is 23.0 Å². The first-order valence-corrected chi connectivity index (χ1v) is 10.8. The standard InChI is InChI=1S/C21H20F3N3O4S/c1-12-16-9-17(20(29)31-11-18(28)25-10-15-6-3-7-30-15)32-19(16)27(26-12)14-5-2-4-13(8-14)21(22,23)24/h2,4-5,8-9,15H,3,6-7,10-11H2,1H3,(H,25,28). The van der Waals surface area contributed by atoms with Crippen LogP contribution in [0.4, 0.5) is 13.2 Å². The summed E-state index contributed by atoms with van der Waals surface area (Å²) in [5.41, 5.74) is -0.00303. The summed E-state index contributed by atoms with van der Waals surface area (Å²) in [7, 11) is 0. The lowest BCUT2D eigenvalue weighted by molar-refractivity contribution is -0.137. The maximum Gasteiger partial charge on any atom is 0.416 e. The van der Waals surface area contributed by atoms with Crippen LogP contribution in [-0.4, -0.2) is 47.5 Å². The number of aryl methyl sites for hydroxylation is 1. The molecule has 170 valence electrons. The zero-order valence-corrected chi connectivity index (χ0v) is 17.9. The predicted molar refractivity (Wildman–Crippen MR) is 111 cm³/mol. The number of thiophene rings is 1. The van der Waals surface area contributed by atoms with Gasteiger partial charge >= 0.3 is 12.1 Å². The average molecular weight is 467 g/mol. The van der Waals surface area contributed by atoms with E-state index in [1.54, 1.807) is 13.0 Å². The summed E-state index contributed by atoms with van der Waals surface area (Å²) in [6, 6.07) is 6.37. The molecule has 1 amide bonds. The van der Waals surface area contributed by atoms with Gasteiger partial charge in [-0.15, -0.1) is 11.3 Å². The van der Waals surface area contributed by atoms with Crippen LogP contribution in [0, 0.1) is 6.92 Å². The van der Waals surface area contributed by atoms with E-state index in [9.17, 15) is 22.8 Å². The van der Waals surface area contributed by atoms with Gasteiger partial charge < -0.3 is 14.8 Å². The molecule has 2 aromatic heterocycles. The van der Waals surface area contributed by atoms with Gasteiger partial charge in [-0.2, -0.15) is 18.3 Å². The highest BCUT2D eigenvalue weighted by atomic mass is 32.1. The average Bonchev–Trinajstić information content (AvgIpc) is 3.48. The Labute approximate surface area is 185 Å². The largest absolute Gasteiger partial charge is 0.451 e. The van der Waals surface area contributed by atoms with Crippen LogP contribution in [0.1, 0.15) is 33.8 Å². The van der Waals surface area contributed by atoms with Gasteiger partial charge in [-0.25, -0.2) is 9.48 Å². The first kappa shape index (κ1) is 22.3. The second kappa shape index (κ2) is 8.91. The van der Waals surface area contributed by atoms with Crippen LogP contribution in [0.2, 0.25) is 0 Å². The molecular weight excluding hydrogens is 447 g/mol. The Kier molecular flexibility index (Phi) is 6.20. The van der Waals surface area contributed by atoms with Crippen LogP contribution in [-0.2, 0) is 20.4 Å². The lowest BCUT2D eigenvalue weighted by Crippen LogP contribution is -2.34. The van der Waals surface area contributed by atoms with Gasteiger partial charge in [0.15, 0.2) is 6.61 Å². The molecule has 32 heavy (non-hydrogen) atoms. The minimum Gasteiger partial charge on any atom is -0.451 e. The minimum absolute atomic E-state index is 0.0148. The molecule has 1 unspecified atom stereocenters. The maximum atomic E-state index is 13.1. The van der Waals surface area contributed by atoms with Crippen molar-refractivity contribution in [3.8, 4) is 5.69 Å². The van der Waals surface area contributed by atoms with Gasteiger partial charge in [0, 0.05) is 18.5 Å². The van der Waals surface area contributed by atoms with Gasteiger partial charge in [-0.1, -0.05) is 6.07 Å². The molecule has 1 fully saturated rings. The van der Waals surface area contributed by atoms with E-state index in [2.05, 4.69) is 10.4 Å². The van der Waals surface area contributed by atoms with E-state index in [4.69, 9.17) is 9.47 Å². The SMILES string of the molecule is Cc1nn(-c2cccc(C(F)(F)F)c2)c2sc(C(=O)OCC(=O)NCC3CCCO3)cc12. The number of hydrogen-bond donors (Lipinski definition) is 1. The number of aromatic nitrogens is 2. The fraction of sp³-hybridized carbons (Fsp3) is 0.381. The van der Waals surface area contributed by atoms with Crippen LogP contribution in [0.5, 0.6) is 0 Å². The molecule has 1 aliphatic rings. The summed E-state index contributed by atoms with van der Waals surface area (Å²) in [6.07, 6.45) is -2.66. The summed E-state index contributed by atoms with van der Waals surface area (Å²) >= 11 is 1.04. The number of fused-ring (bicyclic) bond motifs is 1. The van der Waals surface area contributed by atoms with Crippen molar-refractivity contribution in [1.29, 1.82) is 0 Å². The Morgan fingerprint density at radius 3 is 2.88 bits per heavy atom. The zero-order chi connectivity index (χ0) is 22.9. The number of benzene rings is 1. The summed E-state index contributed by atoms with van der Waals surface area (Å²) in [5.74, 6) is -1.12. The topological polar surface area (TPSA) is 82.5 Å². The molecule has 3 aromatic rings. The number of ether oxygens (including phenoxy) is 2. The van der Waals surface area contributed by atoms with Gasteiger partial charge in [0.2, 0.25) is 0 Å². The van der Waals surface area contributed by atoms with E-state index >= 15 is 0 Å². The molecule has 1 N–H and O–H groups in total. The monoisotopic (exact) mass is 467 g/mol. The summed E-state index contributed by atoms with van der Waals surface area (Å²) < 4.78 is 51.1. The number of rotatable bonds is 6. The minimum atomic E-state index is -4.48. The molecule has 1 aromatic carbocycles. The number of halogens is 3. The molecule has 11 heteroatoms. The number of esters is 1. The van der Waals surface area contributed by atoms with Crippen LogP contribution >= 0.6 is 11.3 Å². The van der Waals surface area contributed by atoms with Crippen LogP contribution in [0.25, 0.3) is 15.9 Å². The van der Waals surface area contributed by atoms with E-state index in [-0.39, 0.29) is 16.7 Å². The van der Waals surface area contributed by atoms with Gasteiger partial charge in [0.25, 0.3) is 5.91 Å². The molecule has 1 saturated heterocycles. The summed E-state index contributed by atoms with van der Waals surface area (Å²) in [4.78, 5) is 25.1. The molecule has 7 nitrogen and oxygen atoms in total. The van der Waals surface area contributed by atoms with E-state index in [0.29, 0.717) is 29.1 Å². The first-order chi connectivity index (χ1) is 15.2. The highest BCUT2D eigenvalue weighted by molar-refractivity contribution is 7.20. The van der Waals surface area contributed by atoms with E-state index in [1.165, 1.54) is 16.8 Å². The van der Waals surface area contributed by atoms with Gasteiger partial charge in [0.1, 0.15) is 9.71 Å². The quantitative estimate of drug-likeness (QED) is 0.557. The fourth-order valence-corrected chi connectivity index (χ4v) is 4.50. The molecule has 0 radical (unpaired) electrons. The normalized spacial score (nSPS) is 16.4. The van der Waals surface area contributed by atoms with Crippen LogP contribution in [0.15, 0.2) is 30.3 Å². The van der Waals surface area contributed by atoms with Crippen molar-refractivity contribution < 1.29 is 32.2 Å². The Balaban J connectivity index is 1.47. The first-order valence-electron chi connectivity index (χ1n) is 9.94. The summed E-state index contributed by atoms with van der Waals surface area (Å²) in [6.45, 7) is 2.31. The number of alkyl halides is 3. The maximum absolute atomic E-state index is 13.1. The number of nitrogens with zero attached hydrogens (tertiary/aromatic N) is 2. The Morgan fingerprint density at radius 1 is 1.34 bits per heavy atom. The zero-order valence-electron chi connectivity index (χ0n) is 17.1. The van der Waals surface area contributed by atoms with Crippen molar-refractivity contribution in [2.45, 2.75) is 32.0 Å². The van der Waals surface area contributed by atoms with Crippen molar-refractivity contribution in [3.05, 3.63) is 46.5 Å². The number of amides is 1. The lowest BCUT2D eigenvalue weighted by Gasteiger charge is -2.10. The lowest BCUT2D eigenvalue weighted by atomic mass is 10.2. The highest BCUT2D eigenvalue weighted by Crippen LogP contribution is 2.34. The molecule has 0 saturated carbocycles. The van der Waals surface area contributed by atoms with E-state index < -0.39 is 30.2 Å². The summed E-state index contributed by atoms with van der Waals surface area (Å²) in [5, 5.41) is 7.60. The molecule has 4 rings (SSSR count). The van der Waals surface area contributed by atoms with Crippen molar-refractivity contribution in [2.75, 3.05) is 19.8 Å². The van der Waals surface area contributed by atoms with Crippen LogP contribution in [0.3, 0.4) is 0 Å². The third-order valence-corrected chi connectivity index (χ3v) is 6.14. The third-order valence-electron chi connectivity index (χ3n) is 5.05. The fourth-order valence-electron chi connectivity index (χ4n) is 3.42. The van der Waals surface area contributed by atoms with E-state index in [0.717, 1.165) is 36.3 Å². The molecular formula is C21H20F3N3O4S. The molecule has 0 aliphatic carbocycles. The predicted octanol–water partition coefficient (Wildman–Crippen LogP) is 3.87. The highest BCUT2D eigenvalue weighted by Gasteiger charge is 2.31. The Morgan fingerprint density at radius 2 is 2.16 bits per heavy atom. The Hall–Kier alpha value is -2.92. The number of nitrogens with one attached hydrogen (secondary N) is 1. The van der Waals surface area contributed by atoms with Gasteiger partial charge in [-0.3, -0.25) is 4.79 Å². The molecule has 3 heterocycles. The van der Waals surface area contributed by atoms with Crippen molar-refractivity contribution in [3.63, 3.8) is 0 Å².